The zero-order chi connectivity index (χ0) is 15.3. The van der Waals surface area contributed by atoms with Crippen LogP contribution >= 0.6 is 0 Å². The summed E-state index contributed by atoms with van der Waals surface area (Å²) in [6, 6.07) is 9.35. The van der Waals surface area contributed by atoms with E-state index >= 15 is 0 Å². The number of nitrogens with zero attached hydrogens (tertiary/aromatic N) is 2. The van der Waals surface area contributed by atoms with E-state index in [1.807, 2.05) is 6.07 Å². The number of nitriles is 1. The molecule has 0 heterocycles. The summed E-state index contributed by atoms with van der Waals surface area (Å²) in [4.78, 5) is 2.20. The van der Waals surface area contributed by atoms with Crippen LogP contribution in [0.3, 0.4) is 0 Å². The van der Waals surface area contributed by atoms with E-state index in [0.717, 1.165) is 23.4 Å². The zero-order valence-electron chi connectivity index (χ0n) is 13.6. The van der Waals surface area contributed by atoms with Crippen molar-refractivity contribution in [1.29, 1.82) is 5.26 Å². The third-order valence-corrected chi connectivity index (χ3v) is 3.85. The number of benzene rings is 1. The molecule has 0 bridgehead atoms. The van der Waals surface area contributed by atoms with Crippen LogP contribution in [0, 0.1) is 17.2 Å². The van der Waals surface area contributed by atoms with Gasteiger partial charge in [-0.1, -0.05) is 33.8 Å². The van der Waals surface area contributed by atoms with Gasteiger partial charge in [0.1, 0.15) is 6.07 Å². The predicted molar refractivity (Wildman–Crippen MR) is 85.8 cm³/mol. The van der Waals surface area contributed by atoms with Crippen molar-refractivity contribution < 1.29 is 0 Å². The van der Waals surface area contributed by atoms with Gasteiger partial charge in [0.15, 0.2) is 0 Å². The standard InChI is InChI=1S/C17H27N3/c1-12(2)14(5)20(6)17-8-7-15(9-16(17)10-18)11-19-13(3)4/h7-9,12-14,19H,11H2,1-6H3. The largest absolute Gasteiger partial charge is 0.371 e. The maximum absolute atomic E-state index is 9.39. The fraction of sp³-hybridized carbons (Fsp3) is 0.588. The van der Waals surface area contributed by atoms with Crippen LogP contribution in [-0.2, 0) is 6.54 Å². The molecule has 3 nitrogen and oxygen atoms in total. The van der Waals surface area contributed by atoms with Gasteiger partial charge in [-0.3, -0.25) is 0 Å². The Morgan fingerprint density at radius 2 is 1.85 bits per heavy atom. The van der Waals surface area contributed by atoms with Gasteiger partial charge in [-0.2, -0.15) is 5.26 Å². The molecule has 0 aliphatic carbocycles. The van der Waals surface area contributed by atoms with E-state index in [0.29, 0.717) is 18.0 Å². The van der Waals surface area contributed by atoms with Gasteiger partial charge in [0.2, 0.25) is 0 Å². The summed E-state index contributed by atoms with van der Waals surface area (Å²) in [5.41, 5.74) is 2.93. The summed E-state index contributed by atoms with van der Waals surface area (Å²) in [5, 5.41) is 12.8. The van der Waals surface area contributed by atoms with E-state index in [9.17, 15) is 5.26 Å². The Kier molecular flexibility index (Phi) is 6.04. The SMILES string of the molecule is CC(C)NCc1ccc(N(C)C(C)C(C)C)c(C#N)c1. The number of hydrogen-bond donors (Lipinski definition) is 1. The molecule has 0 radical (unpaired) electrons. The molecule has 1 rings (SSSR count). The number of anilines is 1. The van der Waals surface area contributed by atoms with Crippen LogP contribution in [0.2, 0.25) is 0 Å². The van der Waals surface area contributed by atoms with Crippen molar-refractivity contribution in [3.8, 4) is 6.07 Å². The van der Waals surface area contributed by atoms with Gasteiger partial charge in [-0.25, -0.2) is 0 Å². The molecule has 0 saturated carbocycles. The molecule has 110 valence electrons. The lowest BCUT2D eigenvalue weighted by atomic mass is 10.0. The van der Waals surface area contributed by atoms with E-state index < -0.39 is 0 Å². The van der Waals surface area contributed by atoms with Gasteiger partial charge in [-0.05, 0) is 30.5 Å². The molecule has 1 aromatic carbocycles. The first kappa shape index (κ1) is 16.5. The summed E-state index contributed by atoms with van der Waals surface area (Å²) in [7, 11) is 2.06. The molecule has 0 aliphatic rings. The Bertz CT molecular complexity index is 472. The molecule has 0 spiro atoms. The van der Waals surface area contributed by atoms with Crippen LogP contribution < -0.4 is 10.2 Å². The first-order chi connectivity index (χ1) is 9.36. The fourth-order valence-electron chi connectivity index (χ4n) is 2.08. The summed E-state index contributed by atoms with van der Waals surface area (Å²) in [6.07, 6.45) is 0. The molecular weight excluding hydrogens is 246 g/mol. The van der Waals surface area contributed by atoms with Crippen molar-refractivity contribution in [2.24, 2.45) is 5.92 Å². The van der Waals surface area contributed by atoms with E-state index in [4.69, 9.17) is 0 Å². The Hall–Kier alpha value is -1.53. The van der Waals surface area contributed by atoms with Gasteiger partial charge in [-0.15, -0.1) is 0 Å². The topological polar surface area (TPSA) is 39.1 Å². The average Bonchev–Trinajstić information content (AvgIpc) is 2.42. The molecule has 0 amide bonds. The first-order valence-electron chi connectivity index (χ1n) is 7.36. The Balaban J connectivity index is 2.96. The van der Waals surface area contributed by atoms with Crippen molar-refractivity contribution in [3.05, 3.63) is 29.3 Å². The van der Waals surface area contributed by atoms with E-state index in [1.54, 1.807) is 0 Å². The van der Waals surface area contributed by atoms with Crippen LogP contribution in [0.25, 0.3) is 0 Å². The van der Waals surface area contributed by atoms with Crippen LogP contribution in [0.15, 0.2) is 18.2 Å². The highest BCUT2D eigenvalue weighted by atomic mass is 15.1. The van der Waals surface area contributed by atoms with Gasteiger partial charge in [0.05, 0.1) is 11.3 Å². The van der Waals surface area contributed by atoms with E-state index in [-0.39, 0.29) is 0 Å². The first-order valence-corrected chi connectivity index (χ1v) is 7.36. The zero-order valence-corrected chi connectivity index (χ0v) is 13.6. The molecule has 3 heteroatoms. The minimum Gasteiger partial charge on any atom is -0.371 e. The minimum absolute atomic E-state index is 0.404. The van der Waals surface area contributed by atoms with Gasteiger partial charge >= 0.3 is 0 Å². The van der Waals surface area contributed by atoms with E-state index in [2.05, 4.69) is 70.1 Å². The predicted octanol–water partition coefficient (Wildman–Crippen LogP) is 3.54. The molecule has 1 atom stereocenters. The van der Waals surface area contributed by atoms with Gasteiger partial charge in [0, 0.05) is 25.7 Å². The van der Waals surface area contributed by atoms with Crippen molar-refractivity contribution >= 4 is 5.69 Å². The lowest BCUT2D eigenvalue weighted by molar-refractivity contribution is 0.505. The average molecular weight is 273 g/mol. The molecule has 1 aromatic rings. The molecule has 0 saturated heterocycles. The summed E-state index contributed by atoms with van der Waals surface area (Å²) in [5.74, 6) is 0.550. The van der Waals surface area contributed by atoms with Gasteiger partial charge < -0.3 is 10.2 Å². The summed E-state index contributed by atoms with van der Waals surface area (Å²) in [6.45, 7) is 11.6. The highest BCUT2D eigenvalue weighted by Gasteiger charge is 2.16. The third-order valence-electron chi connectivity index (χ3n) is 3.85. The number of nitrogens with one attached hydrogen (secondary N) is 1. The van der Waals surface area contributed by atoms with Crippen molar-refractivity contribution in [3.63, 3.8) is 0 Å². The second-order valence-corrected chi connectivity index (χ2v) is 6.09. The molecule has 0 aromatic heterocycles. The van der Waals surface area contributed by atoms with Crippen molar-refractivity contribution in [2.75, 3.05) is 11.9 Å². The number of hydrogen-bond acceptors (Lipinski definition) is 3. The van der Waals surface area contributed by atoms with Crippen molar-refractivity contribution in [1.82, 2.24) is 5.32 Å². The van der Waals surface area contributed by atoms with Crippen LogP contribution in [-0.4, -0.2) is 19.1 Å². The maximum atomic E-state index is 9.39. The maximum Gasteiger partial charge on any atom is 0.101 e. The normalized spacial score (nSPS) is 12.6. The second-order valence-electron chi connectivity index (χ2n) is 6.09. The minimum atomic E-state index is 0.404. The van der Waals surface area contributed by atoms with E-state index in [1.165, 1.54) is 0 Å². The Morgan fingerprint density at radius 3 is 2.35 bits per heavy atom. The van der Waals surface area contributed by atoms with Crippen LogP contribution in [0.1, 0.15) is 45.7 Å². The monoisotopic (exact) mass is 273 g/mol. The lowest BCUT2D eigenvalue weighted by Gasteiger charge is -2.30. The Morgan fingerprint density at radius 1 is 1.20 bits per heavy atom. The fourth-order valence-corrected chi connectivity index (χ4v) is 2.08. The smallest absolute Gasteiger partial charge is 0.101 e. The molecule has 0 aliphatic heterocycles. The second kappa shape index (κ2) is 7.31. The Labute approximate surface area is 123 Å². The highest BCUT2D eigenvalue weighted by Crippen LogP contribution is 2.24. The lowest BCUT2D eigenvalue weighted by Crippen LogP contribution is -2.33. The molecule has 0 fully saturated rings. The quantitative estimate of drug-likeness (QED) is 0.861. The molecule has 1 N–H and O–H groups in total. The van der Waals surface area contributed by atoms with Crippen LogP contribution in [0.5, 0.6) is 0 Å². The molecular formula is C17H27N3. The van der Waals surface area contributed by atoms with Crippen molar-refractivity contribution in [2.45, 2.75) is 53.2 Å². The summed E-state index contributed by atoms with van der Waals surface area (Å²) >= 11 is 0. The molecule has 1 unspecified atom stereocenters. The van der Waals surface area contributed by atoms with Gasteiger partial charge in [0.25, 0.3) is 0 Å². The highest BCUT2D eigenvalue weighted by molar-refractivity contribution is 5.60. The molecule has 20 heavy (non-hydrogen) atoms. The number of rotatable bonds is 6. The summed E-state index contributed by atoms with van der Waals surface area (Å²) < 4.78 is 0. The van der Waals surface area contributed by atoms with Crippen LogP contribution in [0.4, 0.5) is 5.69 Å². The third kappa shape index (κ3) is 4.25.